The molecule has 0 radical (unpaired) electrons. The Hall–Kier alpha value is -2.62. The fourth-order valence-electron chi connectivity index (χ4n) is 3.12. The second-order valence-corrected chi connectivity index (χ2v) is 5.42. The molecular weight excluding hydrogens is 262 g/mol. The Bertz CT molecular complexity index is 837. The molecule has 3 heterocycles. The van der Waals surface area contributed by atoms with Crippen molar-refractivity contribution >= 4 is 17.2 Å². The molecule has 1 aliphatic heterocycles. The Morgan fingerprint density at radius 1 is 1.19 bits per heavy atom. The lowest BCUT2D eigenvalue weighted by atomic mass is 10.1. The number of pyridine rings is 1. The fourth-order valence-corrected chi connectivity index (χ4v) is 3.12. The molecule has 104 valence electrons. The number of carbonyl (C=O) groups is 1. The summed E-state index contributed by atoms with van der Waals surface area (Å²) in [6.45, 7) is 2.09. The number of hydrogen-bond donors (Lipinski definition) is 0. The van der Waals surface area contributed by atoms with Crippen LogP contribution in [-0.4, -0.2) is 21.3 Å². The zero-order valence-corrected chi connectivity index (χ0v) is 11.7. The molecule has 0 bridgehead atoms. The fraction of sp³-hybridized carbons (Fsp3) is 0.176. The number of fused-ring (bicyclic) bond motifs is 2. The van der Waals surface area contributed by atoms with Crippen molar-refractivity contribution in [3.05, 3.63) is 66.1 Å². The quantitative estimate of drug-likeness (QED) is 0.686. The van der Waals surface area contributed by atoms with Crippen LogP contribution in [0.25, 0.3) is 5.65 Å². The number of imidazole rings is 1. The van der Waals surface area contributed by atoms with Gasteiger partial charge in [-0.15, -0.1) is 0 Å². The van der Waals surface area contributed by atoms with Crippen LogP contribution in [0.2, 0.25) is 0 Å². The molecule has 3 aromatic rings. The molecule has 1 unspecified atom stereocenters. The molecule has 0 spiro atoms. The smallest absolute Gasteiger partial charge is 0.275 e. The predicted molar refractivity (Wildman–Crippen MR) is 81.6 cm³/mol. The van der Waals surface area contributed by atoms with Crippen molar-refractivity contribution in [3.8, 4) is 0 Å². The average molecular weight is 277 g/mol. The van der Waals surface area contributed by atoms with Crippen molar-refractivity contribution in [3.63, 3.8) is 0 Å². The monoisotopic (exact) mass is 277 g/mol. The largest absolute Gasteiger partial charge is 0.304 e. The van der Waals surface area contributed by atoms with Crippen LogP contribution in [0.5, 0.6) is 0 Å². The van der Waals surface area contributed by atoms with Crippen LogP contribution in [0.3, 0.4) is 0 Å². The number of benzene rings is 1. The van der Waals surface area contributed by atoms with E-state index in [1.54, 1.807) is 6.20 Å². The highest BCUT2D eigenvalue weighted by Crippen LogP contribution is 2.33. The molecule has 0 saturated carbocycles. The zero-order chi connectivity index (χ0) is 14.4. The molecule has 4 heteroatoms. The third-order valence-corrected chi connectivity index (χ3v) is 4.07. The number of aromatic nitrogens is 2. The first kappa shape index (κ1) is 12.1. The molecular formula is C17H15N3O. The summed E-state index contributed by atoms with van der Waals surface area (Å²) in [5.41, 5.74) is 3.69. The van der Waals surface area contributed by atoms with Crippen molar-refractivity contribution in [1.29, 1.82) is 0 Å². The maximum atomic E-state index is 13.0. The summed E-state index contributed by atoms with van der Waals surface area (Å²) < 4.78 is 1.84. The van der Waals surface area contributed by atoms with Crippen LogP contribution < -0.4 is 4.90 Å². The number of rotatable bonds is 1. The van der Waals surface area contributed by atoms with Crippen LogP contribution in [0.15, 0.2) is 54.9 Å². The number of amides is 1. The van der Waals surface area contributed by atoms with Crippen molar-refractivity contribution in [1.82, 2.24) is 9.38 Å². The van der Waals surface area contributed by atoms with Gasteiger partial charge in [0, 0.05) is 24.1 Å². The summed E-state index contributed by atoms with van der Waals surface area (Å²) in [6.07, 6.45) is 4.45. The number of hydrogen-bond acceptors (Lipinski definition) is 2. The Labute approximate surface area is 122 Å². The van der Waals surface area contributed by atoms with Gasteiger partial charge in [-0.25, -0.2) is 4.98 Å². The summed E-state index contributed by atoms with van der Waals surface area (Å²) in [5, 5.41) is 0. The van der Waals surface area contributed by atoms with E-state index in [1.807, 2.05) is 51.9 Å². The summed E-state index contributed by atoms with van der Waals surface area (Å²) in [5.74, 6) is 0.0241. The second kappa shape index (κ2) is 4.45. The van der Waals surface area contributed by atoms with Crippen LogP contribution in [0, 0.1) is 0 Å². The highest BCUT2D eigenvalue weighted by molar-refractivity contribution is 6.07. The van der Waals surface area contributed by atoms with Crippen molar-refractivity contribution in [2.45, 2.75) is 19.4 Å². The van der Waals surface area contributed by atoms with E-state index in [9.17, 15) is 4.79 Å². The molecule has 0 fully saturated rings. The molecule has 0 aliphatic carbocycles. The van der Waals surface area contributed by atoms with Gasteiger partial charge in [-0.2, -0.15) is 0 Å². The lowest BCUT2D eigenvalue weighted by molar-refractivity contribution is 0.0975. The first-order chi connectivity index (χ1) is 10.3. The normalized spacial score (nSPS) is 17.2. The number of para-hydroxylation sites is 1. The van der Waals surface area contributed by atoms with Crippen LogP contribution in [0.4, 0.5) is 5.69 Å². The average Bonchev–Trinajstić information content (AvgIpc) is 3.09. The molecule has 1 atom stereocenters. The maximum absolute atomic E-state index is 13.0. The van der Waals surface area contributed by atoms with E-state index in [0.717, 1.165) is 17.8 Å². The van der Waals surface area contributed by atoms with Gasteiger partial charge in [0.15, 0.2) is 0 Å². The molecule has 1 amide bonds. The van der Waals surface area contributed by atoms with Gasteiger partial charge in [-0.05, 0) is 37.1 Å². The Kier molecular flexibility index (Phi) is 2.57. The lowest BCUT2D eigenvalue weighted by Crippen LogP contribution is -2.36. The molecule has 21 heavy (non-hydrogen) atoms. The minimum atomic E-state index is 0.0241. The van der Waals surface area contributed by atoms with E-state index in [-0.39, 0.29) is 11.9 Å². The van der Waals surface area contributed by atoms with Gasteiger partial charge in [-0.3, -0.25) is 9.20 Å². The van der Waals surface area contributed by atoms with E-state index in [4.69, 9.17) is 0 Å². The first-order valence-electron chi connectivity index (χ1n) is 7.09. The third-order valence-electron chi connectivity index (χ3n) is 4.07. The second-order valence-electron chi connectivity index (χ2n) is 5.42. The van der Waals surface area contributed by atoms with E-state index in [0.29, 0.717) is 5.69 Å². The summed E-state index contributed by atoms with van der Waals surface area (Å²) >= 11 is 0. The molecule has 0 N–H and O–H groups in total. The highest BCUT2D eigenvalue weighted by atomic mass is 16.2. The van der Waals surface area contributed by atoms with E-state index in [2.05, 4.69) is 18.0 Å². The lowest BCUT2D eigenvalue weighted by Gasteiger charge is -2.23. The van der Waals surface area contributed by atoms with Gasteiger partial charge in [0.2, 0.25) is 0 Å². The van der Waals surface area contributed by atoms with Crippen molar-refractivity contribution in [2.75, 3.05) is 4.90 Å². The van der Waals surface area contributed by atoms with Gasteiger partial charge in [0.25, 0.3) is 5.91 Å². The Morgan fingerprint density at radius 3 is 2.95 bits per heavy atom. The van der Waals surface area contributed by atoms with Crippen LogP contribution >= 0.6 is 0 Å². The zero-order valence-electron chi connectivity index (χ0n) is 11.7. The molecule has 1 aliphatic rings. The van der Waals surface area contributed by atoms with Gasteiger partial charge in [0.1, 0.15) is 11.3 Å². The Balaban J connectivity index is 1.84. The van der Waals surface area contributed by atoms with Gasteiger partial charge in [-0.1, -0.05) is 24.3 Å². The van der Waals surface area contributed by atoms with Gasteiger partial charge in [0.05, 0.1) is 0 Å². The highest BCUT2D eigenvalue weighted by Gasteiger charge is 2.32. The molecule has 1 aromatic carbocycles. The molecule has 4 nitrogen and oxygen atoms in total. The first-order valence-corrected chi connectivity index (χ1v) is 7.09. The van der Waals surface area contributed by atoms with Crippen LogP contribution in [-0.2, 0) is 6.42 Å². The van der Waals surface area contributed by atoms with Crippen molar-refractivity contribution in [2.24, 2.45) is 0 Å². The third kappa shape index (κ3) is 1.76. The minimum Gasteiger partial charge on any atom is -0.304 e. The number of nitrogens with zero attached hydrogens (tertiary/aromatic N) is 3. The van der Waals surface area contributed by atoms with Crippen molar-refractivity contribution < 1.29 is 4.79 Å². The maximum Gasteiger partial charge on any atom is 0.275 e. The van der Waals surface area contributed by atoms with E-state index >= 15 is 0 Å². The standard InChI is InChI=1S/C17H15N3O/c1-12-11-13-5-2-3-6-14(13)20(12)17(21)15-7-4-8-16-18-9-10-19(15)16/h2-10,12H,11H2,1H3. The number of anilines is 1. The van der Waals surface area contributed by atoms with Gasteiger partial charge < -0.3 is 4.90 Å². The minimum absolute atomic E-state index is 0.0241. The number of carbonyl (C=O) groups excluding carboxylic acids is 1. The molecule has 2 aromatic heterocycles. The molecule has 4 rings (SSSR count). The SMILES string of the molecule is CC1Cc2ccccc2N1C(=O)c1cccc2nccn12. The Morgan fingerprint density at radius 2 is 2.05 bits per heavy atom. The van der Waals surface area contributed by atoms with E-state index < -0.39 is 0 Å². The summed E-state index contributed by atoms with van der Waals surface area (Å²) in [4.78, 5) is 19.1. The molecule has 0 saturated heterocycles. The summed E-state index contributed by atoms with van der Waals surface area (Å²) in [7, 11) is 0. The summed E-state index contributed by atoms with van der Waals surface area (Å²) in [6, 6.07) is 13.9. The van der Waals surface area contributed by atoms with Crippen LogP contribution in [0.1, 0.15) is 23.0 Å². The predicted octanol–water partition coefficient (Wildman–Crippen LogP) is 2.93. The van der Waals surface area contributed by atoms with E-state index in [1.165, 1.54) is 5.56 Å². The van der Waals surface area contributed by atoms with Gasteiger partial charge >= 0.3 is 0 Å². The topological polar surface area (TPSA) is 37.6 Å².